The van der Waals surface area contributed by atoms with Crippen molar-refractivity contribution in [3.05, 3.63) is 29.7 Å². The van der Waals surface area contributed by atoms with Crippen molar-refractivity contribution in [3.63, 3.8) is 0 Å². The lowest BCUT2D eigenvalue weighted by Crippen LogP contribution is -1.88. The smallest absolute Gasteiger partial charge is 0.132 e. The Bertz CT molecular complexity index is 292. The van der Waals surface area contributed by atoms with E-state index in [4.69, 9.17) is 4.42 Å². The van der Waals surface area contributed by atoms with Crippen LogP contribution < -0.4 is 0 Å². The Morgan fingerprint density at radius 3 is 2.42 bits per heavy atom. The minimum Gasteiger partial charge on any atom is -0.461 e. The van der Waals surface area contributed by atoms with Crippen molar-refractivity contribution in [2.45, 2.75) is 33.6 Å². The highest BCUT2D eigenvalue weighted by molar-refractivity contribution is 5.60. The molecule has 0 aliphatic rings. The summed E-state index contributed by atoms with van der Waals surface area (Å²) in [5, 5.41) is 0. The van der Waals surface area contributed by atoms with Crippen LogP contribution in [-0.2, 0) is 0 Å². The molecule has 0 aromatic carbocycles. The van der Waals surface area contributed by atoms with Crippen LogP contribution in [0.4, 0.5) is 0 Å². The van der Waals surface area contributed by atoms with Gasteiger partial charge < -0.3 is 4.42 Å². The third-order valence-corrected chi connectivity index (χ3v) is 1.89. The molecule has 1 rings (SSSR count). The first-order valence-electron chi connectivity index (χ1n) is 4.28. The van der Waals surface area contributed by atoms with Gasteiger partial charge in [0.2, 0.25) is 0 Å². The molecule has 0 saturated carbocycles. The van der Waals surface area contributed by atoms with Crippen LogP contribution >= 0.6 is 0 Å². The molecular weight excluding hydrogens is 148 g/mol. The van der Waals surface area contributed by atoms with Crippen LogP contribution in [0.15, 0.2) is 17.1 Å². The Labute approximate surface area is 74.1 Å². The Morgan fingerprint density at radius 2 is 2.08 bits per heavy atom. The molecular formula is C11H16O. The molecule has 0 unspecified atom stereocenters. The minimum absolute atomic E-state index is 0.508. The summed E-state index contributed by atoms with van der Waals surface area (Å²) in [5.74, 6) is 2.44. The molecule has 0 spiro atoms. The zero-order chi connectivity index (χ0) is 9.30. The predicted octanol–water partition coefficient (Wildman–Crippen LogP) is 3.74. The molecule has 0 amide bonds. The van der Waals surface area contributed by atoms with E-state index in [0.717, 1.165) is 17.1 Å². The highest BCUT2D eigenvalue weighted by Gasteiger charge is 2.11. The number of hydrogen-bond acceptors (Lipinski definition) is 1. The van der Waals surface area contributed by atoms with E-state index in [1.54, 1.807) is 0 Å². The summed E-state index contributed by atoms with van der Waals surface area (Å²) in [5.41, 5.74) is 2.27. The summed E-state index contributed by atoms with van der Waals surface area (Å²) in [7, 11) is 0. The number of aryl methyl sites for hydroxylation is 1. The summed E-state index contributed by atoms with van der Waals surface area (Å²) in [6, 6.07) is 2.09. The van der Waals surface area contributed by atoms with Crippen molar-refractivity contribution in [1.82, 2.24) is 0 Å². The summed E-state index contributed by atoms with van der Waals surface area (Å²) >= 11 is 0. The van der Waals surface area contributed by atoms with E-state index < -0.39 is 0 Å². The molecule has 1 aromatic heterocycles. The molecule has 1 nitrogen and oxygen atoms in total. The number of rotatable bonds is 2. The van der Waals surface area contributed by atoms with E-state index in [2.05, 4.69) is 26.5 Å². The fraction of sp³-hybridized carbons (Fsp3) is 0.455. The summed E-state index contributed by atoms with van der Waals surface area (Å²) < 4.78 is 5.54. The third-order valence-electron chi connectivity index (χ3n) is 1.89. The van der Waals surface area contributed by atoms with Gasteiger partial charge in [0.1, 0.15) is 11.5 Å². The molecule has 66 valence electrons. The van der Waals surface area contributed by atoms with E-state index in [9.17, 15) is 0 Å². The van der Waals surface area contributed by atoms with Crippen LogP contribution in [0.1, 0.15) is 43.8 Å². The molecule has 0 radical (unpaired) electrons. The predicted molar refractivity (Wildman–Crippen MR) is 52.2 cm³/mol. The molecule has 0 fully saturated rings. The maximum Gasteiger partial charge on any atom is 0.132 e. The van der Waals surface area contributed by atoms with E-state index in [-0.39, 0.29) is 0 Å². The molecule has 12 heavy (non-hydrogen) atoms. The van der Waals surface area contributed by atoms with Crippen LogP contribution in [0.25, 0.3) is 5.57 Å². The molecule has 1 aromatic rings. The monoisotopic (exact) mass is 164 g/mol. The van der Waals surface area contributed by atoms with Gasteiger partial charge in [0, 0.05) is 5.56 Å². The van der Waals surface area contributed by atoms with Crippen molar-refractivity contribution in [1.29, 1.82) is 0 Å². The lowest BCUT2D eigenvalue weighted by atomic mass is 10.0. The van der Waals surface area contributed by atoms with Gasteiger partial charge in [-0.2, -0.15) is 0 Å². The van der Waals surface area contributed by atoms with Gasteiger partial charge >= 0.3 is 0 Å². The highest BCUT2D eigenvalue weighted by atomic mass is 16.3. The lowest BCUT2D eigenvalue weighted by molar-refractivity contribution is 0.517. The molecule has 0 aliphatic heterocycles. The highest BCUT2D eigenvalue weighted by Crippen LogP contribution is 2.27. The van der Waals surface area contributed by atoms with Gasteiger partial charge in [-0.1, -0.05) is 20.4 Å². The van der Waals surface area contributed by atoms with Crippen molar-refractivity contribution in [3.8, 4) is 0 Å². The second-order valence-electron chi connectivity index (χ2n) is 3.58. The third kappa shape index (κ3) is 1.60. The number of hydrogen-bond donors (Lipinski definition) is 0. The van der Waals surface area contributed by atoms with Gasteiger partial charge in [-0.3, -0.25) is 0 Å². The Morgan fingerprint density at radius 1 is 1.50 bits per heavy atom. The van der Waals surface area contributed by atoms with Crippen molar-refractivity contribution in [2.75, 3.05) is 0 Å². The van der Waals surface area contributed by atoms with E-state index >= 15 is 0 Å². The summed E-state index contributed by atoms with van der Waals surface area (Å²) in [4.78, 5) is 0. The fourth-order valence-electron chi connectivity index (χ4n) is 1.30. The van der Waals surface area contributed by atoms with Crippen LogP contribution in [0, 0.1) is 6.92 Å². The number of allylic oxidation sites excluding steroid dienone is 1. The first-order chi connectivity index (χ1) is 5.52. The Balaban J connectivity index is 3.17. The molecule has 1 heterocycles. The normalized spacial score (nSPS) is 10.8. The molecule has 0 bridgehead atoms. The summed E-state index contributed by atoms with van der Waals surface area (Å²) in [6.45, 7) is 12.2. The molecule has 0 saturated heterocycles. The van der Waals surface area contributed by atoms with Gasteiger partial charge in [0.05, 0.1) is 0 Å². The maximum absolute atomic E-state index is 5.54. The van der Waals surface area contributed by atoms with Crippen molar-refractivity contribution < 1.29 is 4.42 Å². The molecule has 0 aliphatic carbocycles. The van der Waals surface area contributed by atoms with Gasteiger partial charge in [-0.25, -0.2) is 0 Å². The average Bonchev–Trinajstić information content (AvgIpc) is 2.31. The van der Waals surface area contributed by atoms with E-state index in [1.807, 2.05) is 13.8 Å². The van der Waals surface area contributed by atoms with Crippen LogP contribution in [-0.4, -0.2) is 0 Å². The van der Waals surface area contributed by atoms with Crippen LogP contribution in [0.2, 0.25) is 0 Å². The van der Waals surface area contributed by atoms with Crippen LogP contribution in [0.5, 0.6) is 0 Å². The van der Waals surface area contributed by atoms with E-state index in [0.29, 0.717) is 5.92 Å². The quantitative estimate of drug-likeness (QED) is 0.649. The first kappa shape index (κ1) is 9.11. The topological polar surface area (TPSA) is 13.1 Å². The average molecular weight is 164 g/mol. The Hall–Kier alpha value is -0.980. The molecule has 1 heteroatoms. The van der Waals surface area contributed by atoms with Crippen molar-refractivity contribution >= 4 is 5.57 Å². The lowest BCUT2D eigenvalue weighted by Gasteiger charge is -2.03. The van der Waals surface area contributed by atoms with Gasteiger partial charge in [0.15, 0.2) is 0 Å². The zero-order valence-electron chi connectivity index (χ0n) is 8.27. The second-order valence-corrected chi connectivity index (χ2v) is 3.58. The maximum atomic E-state index is 5.54. The molecule has 0 N–H and O–H groups in total. The largest absolute Gasteiger partial charge is 0.461 e. The standard InChI is InChI=1S/C11H16O/c1-7(2)10-6-9(5)12-11(10)8(3)4/h6-7H,3H2,1-2,4-5H3. The summed E-state index contributed by atoms with van der Waals surface area (Å²) in [6.07, 6.45) is 0. The SMILES string of the molecule is C=C(C)c1oc(C)cc1C(C)C. The van der Waals surface area contributed by atoms with Gasteiger partial charge in [-0.15, -0.1) is 0 Å². The van der Waals surface area contributed by atoms with E-state index in [1.165, 1.54) is 5.56 Å². The van der Waals surface area contributed by atoms with Crippen molar-refractivity contribution in [2.24, 2.45) is 0 Å². The van der Waals surface area contributed by atoms with Crippen LogP contribution in [0.3, 0.4) is 0 Å². The number of furan rings is 1. The second kappa shape index (κ2) is 3.18. The first-order valence-corrected chi connectivity index (χ1v) is 4.28. The zero-order valence-corrected chi connectivity index (χ0v) is 8.27. The van der Waals surface area contributed by atoms with Gasteiger partial charge in [-0.05, 0) is 31.4 Å². The molecule has 0 atom stereocenters. The van der Waals surface area contributed by atoms with Gasteiger partial charge in [0.25, 0.3) is 0 Å². The Kier molecular flexibility index (Phi) is 2.41. The minimum atomic E-state index is 0.508. The fourth-order valence-corrected chi connectivity index (χ4v) is 1.30.